The molecule has 0 aliphatic rings. The van der Waals surface area contributed by atoms with E-state index >= 15 is 0 Å². The first-order chi connectivity index (χ1) is 33.0. The van der Waals surface area contributed by atoms with E-state index in [0.717, 1.165) is 12.1 Å². The molecule has 6 aromatic rings. The van der Waals surface area contributed by atoms with Crippen molar-refractivity contribution in [1.29, 1.82) is 0 Å². The second kappa shape index (κ2) is 29.8. The van der Waals surface area contributed by atoms with E-state index in [0.29, 0.717) is 47.5 Å². The zero-order valence-corrected chi connectivity index (χ0v) is 52.3. The van der Waals surface area contributed by atoms with Crippen LogP contribution in [-0.4, -0.2) is 94.5 Å². The topological polar surface area (TPSA) is 483 Å². The summed E-state index contributed by atoms with van der Waals surface area (Å²) in [7, 11) is -21.2. The first kappa shape index (κ1) is 73.5. The van der Waals surface area contributed by atoms with Crippen molar-refractivity contribution in [2.45, 2.75) is 26.0 Å². The SMILES string of the molecule is O=C(O)c1cc(Cc2ccc(N=Nc3cc(N=Nc4ccc(S(=O)(=O)[O-])cc4S(=O)(=O)[O-])c(O)cc3O)c(C(=O)O)c2)ccc1N=Nc1cc(N=Nc2ccc(S(=O)(=O)[O-])cc2S(=O)(=O)[O-])c(O)cc1O.[Cu].[Cu].[Na+].[Na+].[Na+].[Na+]. The number of carboxylic acids is 2. The summed E-state index contributed by atoms with van der Waals surface area (Å²) in [6.07, 6.45) is -0.0921. The van der Waals surface area contributed by atoms with Gasteiger partial charge >= 0.3 is 130 Å². The zero-order valence-electron chi connectivity index (χ0n) is 39.2. The Bertz CT molecular complexity index is 3600. The summed E-state index contributed by atoms with van der Waals surface area (Å²) in [4.78, 5) is 20.0. The van der Waals surface area contributed by atoms with Gasteiger partial charge in [0.05, 0.1) is 30.7 Å². The molecule has 390 valence electrons. The Labute approximate surface area is 544 Å². The van der Waals surface area contributed by atoms with Crippen LogP contribution in [0.5, 0.6) is 23.0 Å². The average Bonchev–Trinajstić information content (AvgIpc) is 3.26. The molecular weight excluding hydrogens is 1250 g/mol. The van der Waals surface area contributed by atoms with Crippen molar-refractivity contribution in [1.82, 2.24) is 0 Å². The number of phenols is 4. The number of azo groups is 4. The van der Waals surface area contributed by atoms with Gasteiger partial charge in [-0.05, 0) is 78.2 Å². The number of rotatable bonds is 16. The number of aromatic carboxylic acids is 2. The van der Waals surface area contributed by atoms with Gasteiger partial charge in [0, 0.05) is 58.4 Å². The molecule has 0 aliphatic heterocycles. The van der Waals surface area contributed by atoms with Crippen LogP contribution < -0.4 is 118 Å². The number of carbonyl (C=O) groups is 2. The number of aromatic hydroxyl groups is 4. The molecule has 28 nitrogen and oxygen atoms in total. The number of carboxylic acid groups (broad SMARTS) is 2. The van der Waals surface area contributed by atoms with Gasteiger partial charge in [-0.3, -0.25) is 0 Å². The van der Waals surface area contributed by atoms with Gasteiger partial charge in [0.25, 0.3) is 0 Å². The number of benzene rings is 6. The summed E-state index contributed by atoms with van der Waals surface area (Å²) in [5, 5.41) is 91.0. The van der Waals surface area contributed by atoms with Gasteiger partial charge in [0.15, 0.2) is 0 Å². The molecule has 6 rings (SSSR count). The fourth-order valence-electron chi connectivity index (χ4n) is 5.87. The Hall–Kier alpha value is -3.46. The van der Waals surface area contributed by atoms with Crippen molar-refractivity contribution in [3.8, 4) is 23.0 Å². The fraction of sp³-hybridized carbons (Fsp3) is 0.0256. The monoisotopic (exact) mass is 1270 g/mol. The van der Waals surface area contributed by atoms with E-state index in [9.17, 15) is 92.1 Å². The second-order valence-electron chi connectivity index (χ2n) is 14.0. The molecule has 0 fully saturated rings. The first-order valence-corrected chi connectivity index (χ1v) is 24.3. The maximum absolute atomic E-state index is 12.3. The first-order valence-electron chi connectivity index (χ1n) is 18.6. The molecule has 0 heterocycles. The van der Waals surface area contributed by atoms with Crippen molar-refractivity contribution in [3.63, 3.8) is 0 Å². The summed E-state index contributed by atoms with van der Waals surface area (Å²) >= 11 is 0. The Balaban J connectivity index is 0.00000963. The molecule has 0 saturated heterocycles. The van der Waals surface area contributed by atoms with E-state index in [-0.39, 0.29) is 182 Å². The van der Waals surface area contributed by atoms with Crippen LogP contribution in [0.3, 0.4) is 0 Å². The largest absolute Gasteiger partial charge is 1.00 e. The molecule has 0 aromatic heterocycles. The van der Waals surface area contributed by atoms with Gasteiger partial charge in [-0.2, -0.15) is 0 Å². The minimum Gasteiger partial charge on any atom is -0.744 e. The van der Waals surface area contributed by atoms with Crippen LogP contribution in [0.1, 0.15) is 31.8 Å². The Morgan fingerprint density at radius 1 is 0.364 bits per heavy atom. The molecule has 0 atom stereocenters. The van der Waals surface area contributed by atoms with Crippen LogP contribution >= 0.6 is 0 Å². The number of hydrogen-bond donors (Lipinski definition) is 6. The van der Waals surface area contributed by atoms with Crippen molar-refractivity contribution in [2.24, 2.45) is 40.9 Å². The van der Waals surface area contributed by atoms with Gasteiger partial charge in [-0.25, -0.2) is 43.3 Å². The zero-order chi connectivity index (χ0) is 52.4. The predicted molar refractivity (Wildman–Crippen MR) is 231 cm³/mol. The quantitative estimate of drug-likeness (QED) is 0.0300. The van der Waals surface area contributed by atoms with Crippen molar-refractivity contribution < 1.29 is 244 Å². The Morgan fingerprint density at radius 3 is 0.883 bits per heavy atom. The molecule has 0 spiro atoms. The average molecular weight is 1270 g/mol. The third-order valence-electron chi connectivity index (χ3n) is 9.17. The Kier molecular flexibility index (Phi) is 28.5. The van der Waals surface area contributed by atoms with E-state index in [1.54, 1.807) is 0 Å². The molecule has 6 aromatic carbocycles. The summed E-state index contributed by atoms with van der Waals surface area (Å²) in [6, 6.07) is 13.9. The van der Waals surface area contributed by atoms with E-state index in [1.807, 2.05) is 0 Å². The van der Waals surface area contributed by atoms with Gasteiger partial charge < -0.3 is 48.9 Å². The molecule has 0 bridgehead atoms. The molecule has 0 unspecified atom stereocenters. The van der Waals surface area contributed by atoms with Gasteiger partial charge in [0.1, 0.15) is 109 Å². The molecule has 6 N–H and O–H groups in total. The van der Waals surface area contributed by atoms with Gasteiger partial charge in [-0.15, -0.1) is 40.9 Å². The molecule has 38 heteroatoms. The molecular formula is C39H24Cu2N8Na4O20S4. The number of nitrogens with zero attached hydrogens (tertiary/aromatic N) is 8. The molecule has 2 radical (unpaired) electrons. The minimum absolute atomic E-state index is 0. The Morgan fingerprint density at radius 2 is 0.623 bits per heavy atom. The van der Waals surface area contributed by atoms with Crippen LogP contribution in [0.4, 0.5) is 45.5 Å². The number of phenolic OH excluding ortho intramolecular Hbond substituents is 4. The van der Waals surface area contributed by atoms with E-state index in [2.05, 4.69) is 40.9 Å². The summed E-state index contributed by atoms with van der Waals surface area (Å²) < 4.78 is 139. The summed E-state index contributed by atoms with van der Waals surface area (Å²) in [6.45, 7) is 0. The van der Waals surface area contributed by atoms with E-state index in [4.69, 9.17) is 0 Å². The maximum atomic E-state index is 12.3. The normalized spacial score (nSPS) is 11.7. The third kappa shape index (κ3) is 19.4. The summed E-state index contributed by atoms with van der Waals surface area (Å²) in [5.74, 6) is -6.02. The smallest absolute Gasteiger partial charge is 0.744 e. The van der Waals surface area contributed by atoms with Crippen molar-refractivity contribution in [3.05, 3.63) is 119 Å². The third-order valence-corrected chi connectivity index (χ3v) is 12.6. The van der Waals surface area contributed by atoms with E-state index in [1.165, 1.54) is 36.4 Å². The van der Waals surface area contributed by atoms with Gasteiger partial charge in [-0.1, -0.05) is 12.1 Å². The molecule has 0 amide bonds. The minimum atomic E-state index is -5.42. The number of hydrogen-bond acceptors (Lipinski definition) is 26. The van der Waals surface area contributed by atoms with Crippen LogP contribution in [0, 0.1) is 0 Å². The van der Waals surface area contributed by atoms with Crippen LogP contribution in [0.25, 0.3) is 0 Å². The van der Waals surface area contributed by atoms with Crippen LogP contribution in [0.15, 0.2) is 158 Å². The van der Waals surface area contributed by atoms with Crippen LogP contribution in [-0.2, 0) is 81.0 Å². The second-order valence-corrected chi connectivity index (χ2v) is 19.5. The van der Waals surface area contributed by atoms with Crippen LogP contribution in [0.2, 0.25) is 0 Å². The predicted octanol–water partition coefficient (Wildman–Crippen LogP) is -5.21. The van der Waals surface area contributed by atoms with Crippen molar-refractivity contribution >= 4 is 97.9 Å². The fourth-order valence-corrected chi connectivity index (χ4v) is 8.28. The molecule has 77 heavy (non-hydrogen) atoms. The van der Waals surface area contributed by atoms with E-state index < -0.39 is 140 Å². The standard InChI is InChI=1S/C39H28N8O20S4.2Cu.4Na/c48-32-16-34(50)30(46-42-26-7-3-20(68(56,57)58)12-36(26)70(62,63)64)14-28(32)44-40-24-5-1-18(10-22(24)38(52)53)9-19-2-6-25(23(11-19)39(54)55)41-45-29-15-31(35(51)17-33(29)49)47-43-27-8-4-21(69(59,60)61)13-37(27)71(65,66)67;;;;;;/h1-8,10-17,48-51H,9H2,(H,52,53)(H,54,55)(H,56,57,58)(H,59,60,61)(H,62,63,64)(H,65,66,67);;;;;;/q;;;4*+1/p-4. The van der Waals surface area contributed by atoms with Gasteiger partial charge in [0.2, 0.25) is 0 Å². The maximum Gasteiger partial charge on any atom is 1.00 e. The molecule has 0 saturated carbocycles. The summed E-state index contributed by atoms with van der Waals surface area (Å²) in [5.41, 5.74) is -4.30. The molecule has 0 aliphatic carbocycles. The van der Waals surface area contributed by atoms with Crippen molar-refractivity contribution in [2.75, 3.05) is 0 Å².